The van der Waals surface area contributed by atoms with E-state index in [-0.39, 0.29) is 17.3 Å². The highest BCUT2D eigenvalue weighted by atomic mass is 35.5. The Kier molecular flexibility index (Phi) is 4.55. The van der Waals surface area contributed by atoms with E-state index in [2.05, 4.69) is 5.32 Å². The largest absolute Gasteiger partial charge is 0.508 e. The van der Waals surface area contributed by atoms with Gasteiger partial charge in [-0.05, 0) is 37.3 Å². The third-order valence-corrected chi connectivity index (χ3v) is 3.01. The average molecular weight is 307 g/mol. The summed E-state index contributed by atoms with van der Waals surface area (Å²) in [6.07, 6.45) is -0.725. The number of rotatable bonds is 4. The number of halogens is 1. The van der Waals surface area contributed by atoms with E-state index in [1.54, 1.807) is 31.2 Å². The van der Waals surface area contributed by atoms with Crippen LogP contribution < -0.4 is 15.8 Å². The van der Waals surface area contributed by atoms with Crippen LogP contribution >= 0.6 is 11.6 Å². The summed E-state index contributed by atoms with van der Waals surface area (Å²) in [4.78, 5) is 12.1. The quantitative estimate of drug-likeness (QED) is 0.599. The zero-order valence-corrected chi connectivity index (χ0v) is 12.1. The molecule has 0 aromatic heterocycles. The fourth-order valence-electron chi connectivity index (χ4n) is 1.70. The van der Waals surface area contributed by atoms with Crippen molar-refractivity contribution in [2.75, 3.05) is 11.1 Å². The van der Waals surface area contributed by atoms with Crippen LogP contribution in [0.3, 0.4) is 0 Å². The molecule has 0 fully saturated rings. The molecule has 2 aromatic rings. The molecule has 1 amide bonds. The van der Waals surface area contributed by atoms with Gasteiger partial charge in [0.15, 0.2) is 6.10 Å². The third-order valence-electron chi connectivity index (χ3n) is 2.77. The number of anilines is 2. The number of amides is 1. The first-order valence-corrected chi connectivity index (χ1v) is 6.65. The van der Waals surface area contributed by atoms with Gasteiger partial charge in [-0.25, -0.2) is 0 Å². The summed E-state index contributed by atoms with van der Waals surface area (Å²) in [5.74, 6) is 0.185. The monoisotopic (exact) mass is 306 g/mol. The predicted molar refractivity (Wildman–Crippen MR) is 82.7 cm³/mol. The minimum atomic E-state index is -0.725. The second kappa shape index (κ2) is 6.37. The molecule has 4 N–H and O–H groups in total. The van der Waals surface area contributed by atoms with Gasteiger partial charge in [-0.3, -0.25) is 4.79 Å². The number of nitrogen functional groups attached to an aromatic ring is 1. The first-order valence-electron chi connectivity index (χ1n) is 6.27. The molecule has 2 rings (SSSR count). The summed E-state index contributed by atoms with van der Waals surface area (Å²) >= 11 is 5.85. The van der Waals surface area contributed by atoms with E-state index in [0.29, 0.717) is 16.5 Å². The maximum absolute atomic E-state index is 12.1. The van der Waals surface area contributed by atoms with Crippen LogP contribution in [0.2, 0.25) is 5.02 Å². The Hall–Kier alpha value is -2.40. The average Bonchev–Trinajstić information content (AvgIpc) is 2.41. The first kappa shape index (κ1) is 15.0. The van der Waals surface area contributed by atoms with Gasteiger partial charge in [0, 0.05) is 11.1 Å². The smallest absolute Gasteiger partial charge is 0.265 e. The number of hydrogen-bond acceptors (Lipinski definition) is 4. The van der Waals surface area contributed by atoms with Crippen molar-refractivity contribution in [1.82, 2.24) is 0 Å². The molecule has 110 valence electrons. The van der Waals surface area contributed by atoms with Gasteiger partial charge in [0.25, 0.3) is 5.91 Å². The number of benzene rings is 2. The molecule has 0 aliphatic heterocycles. The number of hydrogen-bond donors (Lipinski definition) is 3. The van der Waals surface area contributed by atoms with Crippen molar-refractivity contribution in [2.45, 2.75) is 13.0 Å². The molecule has 0 spiro atoms. The van der Waals surface area contributed by atoms with Crippen molar-refractivity contribution in [3.63, 3.8) is 0 Å². The molecule has 0 heterocycles. The molecule has 1 atom stereocenters. The number of nitrogens with one attached hydrogen (secondary N) is 1. The Morgan fingerprint density at radius 3 is 2.76 bits per heavy atom. The SMILES string of the molecule is CC(Oc1cccc(Cl)c1)C(=O)Nc1ccc(O)cc1N. The van der Waals surface area contributed by atoms with Gasteiger partial charge in [0.05, 0.1) is 11.4 Å². The summed E-state index contributed by atoms with van der Waals surface area (Å²) in [6, 6.07) is 11.1. The van der Waals surface area contributed by atoms with E-state index >= 15 is 0 Å². The van der Waals surface area contributed by atoms with Crippen LogP contribution in [-0.4, -0.2) is 17.1 Å². The maximum Gasteiger partial charge on any atom is 0.265 e. The summed E-state index contributed by atoms with van der Waals surface area (Å²) in [6.45, 7) is 1.62. The van der Waals surface area contributed by atoms with Crippen molar-refractivity contribution in [3.8, 4) is 11.5 Å². The van der Waals surface area contributed by atoms with Crippen molar-refractivity contribution < 1.29 is 14.6 Å². The third kappa shape index (κ3) is 4.03. The molecule has 0 aliphatic rings. The molecule has 0 saturated carbocycles. The van der Waals surface area contributed by atoms with Crippen molar-refractivity contribution in [3.05, 3.63) is 47.5 Å². The zero-order chi connectivity index (χ0) is 15.4. The van der Waals surface area contributed by atoms with Crippen LogP contribution in [-0.2, 0) is 4.79 Å². The number of nitrogens with two attached hydrogens (primary N) is 1. The highest BCUT2D eigenvalue weighted by Gasteiger charge is 2.16. The highest BCUT2D eigenvalue weighted by molar-refractivity contribution is 6.30. The van der Waals surface area contributed by atoms with Crippen LogP contribution in [0.15, 0.2) is 42.5 Å². The zero-order valence-electron chi connectivity index (χ0n) is 11.3. The van der Waals surface area contributed by atoms with Gasteiger partial charge in [-0.15, -0.1) is 0 Å². The van der Waals surface area contributed by atoms with Gasteiger partial charge in [-0.2, -0.15) is 0 Å². The lowest BCUT2D eigenvalue weighted by molar-refractivity contribution is -0.122. The summed E-state index contributed by atoms with van der Waals surface area (Å²) in [5, 5.41) is 12.4. The van der Waals surface area contributed by atoms with E-state index < -0.39 is 6.10 Å². The van der Waals surface area contributed by atoms with Gasteiger partial charge < -0.3 is 20.9 Å². The standard InChI is InChI=1S/C15H15ClN2O3/c1-9(21-12-4-2-3-10(16)7-12)15(20)18-14-6-5-11(19)8-13(14)17/h2-9,19H,17H2,1H3,(H,18,20). The second-order valence-electron chi connectivity index (χ2n) is 4.48. The molecule has 1 unspecified atom stereocenters. The molecule has 0 saturated heterocycles. The summed E-state index contributed by atoms with van der Waals surface area (Å²) < 4.78 is 5.51. The number of carbonyl (C=O) groups excluding carboxylic acids is 1. The predicted octanol–water partition coefficient (Wildman–Crippen LogP) is 3.03. The molecule has 0 bridgehead atoms. The van der Waals surface area contributed by atoms with Crippen LogP contribution in [0.1, 0.15) is 6.92 Å². The van der Waals surface area contributed by atoms with Crippen LogP contribution in [0, 0.1) is 0 Å². The fourth-order valence-corrected chi connectivity index (χ4v) is 1.88. The van der Waals surface area contributed by atoms with E-state index in [0.717, 1.165) is 0 Å². The Morgan fingerprint density at radius 2 is 2.10 bits per heavy atom. The van der Waals surface area contributed by atoms with Crippen LogP contribution in [0.25, 0.3) is 0 Å². The molecular weight excluding hydrogens is 292 g/mol. The number of phenolic OH excluding ortho intramolecular Hbond substituents is 1. The summed E-state index contributed by atoms with van der Waals surface area (Å²) in [5.41, 5.74) is 6.40. The minimum Gasteiger partial charge on any atom is -0.508 e. The summed E-state index contributed by atoms with van der Waals surface area (Å²) in [7, 11) is 0. The van der Waals surface area contributed by atoms with E-state index in [9.17, 15) is 9.90 Å². The first-order chi connectivity index (χ1) is 9.95. The van der Waals surface area contributed by atoms with Crippen molar-refractivity contribution in [1.29, 1.82) is 0 Å². The molecule has 2 aromatic carbocycles. The molecule has 21 heavy (non-hydrogen) atoms. The molecule has 6 heteroatoms. The topological polar surface area (TPSA) is 84.6 Å². The molecule has 5 nitrogen and oxygen atoms in total. The Balaban J connectivity index is 2.02. The van der Waals surface area contributed by atoms with Crippen molar-refractivity contribution >= 4 is 28.9 Å². The molecule has 0 aliphatic carbocycles. The Morgan fingerprint density at radius 1 is 1.33 bits per heavy atom. The maximum atomic E-state index is 12.1. The normalized spacial score (nSPS) is 11.7. The van der Waals surface area contributed by atoms with Gasteiger partial charge >= 0.3 is 0 Å². The highest BCUT2D eigenvalue weighted by Crippen LogP contribution is 2.24. The van der Waals surface area contributed by atoms with Gasteiger partial charge in [0.1, 0.15) is 11.5 Å². The van der Waals surface area contributed by atoms with Crippen LogP contribution in [0.4, 0.5) is 11.4 Å². The van der Waals surface area contributed by atoms with Gasteiger partial charge in [0.2, 0.25) is 0 Å². The molecule has 0 radical (unpaired) electrons. The number of phenols is 1. The lowest BCUT2D eigenvalue weighted by atomic mass is 10.2. The second-order valence-corrected chi connectivity index (χ2v) is 4.91. The lowest BCUT2D eigenvalue weighted by Crippen LogP contribution is -2.30. The molecular formula is C15H15ClN2O3. The van der Waals surface area contributed by atoms with E-state index in [1.807, 2.05) is 0 Å². The number of carbonyl (C=O) groups is 1. The van der Waals surface area contributed by atoms with E-state index in [4.69, 9.17) is 22.1 Å². The van der Waals surface area contributed by atoms with Crippen LogP contribution in [0.5, 0.6) is 11.5 Å². The van der Waals surface area contributed by atoms with Crippen molar-refractivity contribution in [2.24, 2.45) is 0 Å². The number of aromatic hydroxyl groups is 1. The Labute approximate surface area is 127 Å². The number of ether oxygens (including phenoxy) is 1. The Bertz CT molecular complexity index is 661. The fraction of sp³-hybridized carbons (Fsp3) is 0.133. The minimum absolute atomic E-state index is 0.0359. The van der Waals surface area contributed by atoms with Gasteiger partial charge in [-0.1, -0.05) is 17.7 Å². The lowest BCUT2D eigenvalue weighted by Gasteiger charge is -2.15. The van der Waals surface area contributed by atoms with E-state index in [1.165, 1.54) is 18.2 Å².